The van der Waals surface area contributed by atoms with Crippen molar-refractivity contribution >= 4 is 17.8 Å². The molecule has 38 heavy (non-hydrogen) atoms. The number of benzene rings is 3. The van der Waals surface area contributed by atoms with Crippen molar-refractivity contribution < 1.29 is 29.0 Å². The van der Waals surface area contributed by atoms with Crippen LogP contribution in [0, 0.1) is 0 Å². The molecule has 0 aliphatic heterocycles. The Labute approximate surface area is 222 Å². The Hall–Kier alpha value is -4.17. The van der Waals surface area contributed by atoms with Gasteiger partial charge in [-0.1, -0.05) is 72.8 Å². The molecule has 0 aromatic heterocycles. The molecule has 3 aromatic rings. The van der Waals surface area contributed by atoms with Crippen molar-refractivity contribution in [2.45, 2.75) is 57.4 Å². The first-order valence-corrected chi connectivity index (χ1v) is 12.3. The molecule has 3 aromatic carbocycles. The highest BCUT2D eigenvalue weighted by atomic mass is 16.5. The minimum Gasteiger partial charge on any atom is -0.488 e. The van der Waals surface area contributed by atoms with E-state index in [1.54, 1.807) is 78.9 Å². The smallest absolute Gasteiger partial charge is 0.336 e. The van der Waals surface area contributed by atoms with Gasteiger partial charge < -0.3 is 25.6 Å². The van der Waals surface area contributed by atoms with Crippen LogP contribution in [0.5, 0.6) is 5.75 Å². The topological polar surface area (TPSA) is 128 Å². The highest BCUT2D eigenvalue weighted by Gasteiger charge is 2.45. The molecular formula is C30H34N2O6. The summed E-state index contributed by atoms with van der Waals surface area (Å²) in [5.74, 6) is -2.50. The van der Waals surface area contributed by atoms with Gasteiger partial charge in [0.05, 0.1) is 0 Å². The summed E-state index contributed by atoms with van der Waals surface area (Å²) in [6, 6.07) is 23.4. The average Bonchev–Trinajstić information content (AvgIpc) is 2.88. The zero-order valence-electron chi connectivity index (χ0n) is 21.8. The number of carboxylic acid groups (broad SMARTS) is 1. The summed E-state index contributed by atoms with van der Waals surface area (Å²) in [5, 5.41) is 12.3. The van der Waals surface area contributed by atoms with Crippen molar-refractivity contribution in [3.8, 4) is 5.75 Å². The van der Waals surface area contributed by atoms with Crippen molar-refractivity contribution in [2.75, 3.05) is 0 Å². The fraction of sp³-hybridized carbons (Fsp3) is 0.300. The van der Waals surface area contributed by atoms with Crippen LogP contribution in [0.1, 0.15) is 37.5 Å². The number of carbonyl (C=O) groups is 3. The third-order valence-electron chi connectivity index (χ3n) is 5.70. The lowest BCUT2D eigenvalue weighted by molar-refractivity contribution is -0.157. The van der Waals surface area contributed by atoms with Crippen LogP contribution in [0.3, 0.4) is 0 Å². The highest BCUT2D eigenvalue weighted by molar-refractivity contribution is 6.08. The number of rotatable bonds is 11. The first kappa shape index (κ1) is 28.4. The number of ether oxygens (including phenoxy) is 2. The van der Waals surface area contributed by atoms with Crippen LogP contribution >= 0.6 is 0 Å². The molecule has 8 nitrogen and oxygen atoms in total. The minimum atomic E-state index is -2.14. The van der Waals surface area contributed by atoms with Crippen LogP contribution < -0.4 is 15.8 Å². The summed E-state index contributed by atoms with van der Waals surface area (Å²) in [4.78, 5) is 38.7. The van der Waals surface area contributed by atoms with Gasteiger partial charge in [-0.2, -0.15) is 0 Å². The monoisotopic (exact) mass is 518 g/mol. The number of carbonyl (C=O) groups excluding carboxylic acids is 2. The normalized spacial score (nSPS) is 13.6. The van der Waals surface area contributed by atoms with Crippen LogP contribution in [0.25, 0.3) is 0 Å². The van der Waals surface area contributed by atoms with Crippen LogP contribution in [-0.4, -0.2) is 40.1 Å². The summed E-state index contributed by atoms with van der Waals surface area (Å²) in [5.41, 5.74) is 5.90. The third-order valence-corrected chi connectivity index (χ3v) is 5.70. The Morgan fingerprint density at radius 2 is 1.39 bits per heavy atom. The number of hydrogen-bond donors (Lipinski definition) is 3. The molecule has 0 aliphatic rings. The molecule has 0 saturated heterocycles. The molecule has 0 radical (unpaired) electrons. The Morgan fingerprint density at radius 3 is 1.92 bits per heavy atom. The van der Waals surface area contributed by atoms with Gasteiger partial charge in [-0.25, -0.2) is 9.59 Å². The van der Waals surface area contributed by atoms with Gasteiger partial charge in [-0.05, 0) is 49.6 Å². The van der Waals surface area contributed by atoms with Gasteiger partial charge in [-0.15, -0.1) is 0 Å². The van der Waals surface area contributed by atoms with Crippen LogP contribution in [-0.2, 0) is 38.6 Å². The lowest BCUT2D eigenvalue weighted by atomic mass is 9.90. The highest BCUT2D eigenvalue weighted by Crippen LogP contribution is 2.20. The van der Waals surface area contributed by atoms with E-state index in [2.05, 4.69) is 5.32 Å². The minimum absolute atomic E-state index is 0.0165. The fourth-order valence-electron chi connectivity index (χ4n) is 3.78. The third kappa shape index (κ3) is 8.18. The second-order valence-electron chi connectivity index (χ2n) is 10.1. The predicted octanol–water partition coefficient (Wildman–Crippen LogP) is 3.66. The summed E-state index contributed by atoms with van der Waals surface area (Å²) in [6.07, 6.45) is -0.185. The van der Waals surface area contributed by atoms with E-state index in [9.17, 15) is 19.5 Å². The Bertz CT molecular complexity index is 1220. The van der Waals surface area contributed by atoms with Crippen molar-refractivity contribution in [1.29, 1.82) is 0 Å². The van der Waals surface area contributed by atoms with E-state index in [1.807, 2.05) is 26.8 Å². The zero-order valence-corrected chi connectivity index (χ0v) is 21.8. The zero-order chi connectivity index (χ0) is 27.8. The molecule has 3 rings (SSSR count). The molecule has 0 heterocycles. The van der Waals surface area contributed by atoms with Gasteiger partial charge in [0.15, 0.2) is 5.54 Å². The molecule has 200 valence electrons. The number of nitrogens with one attached hydrogen (secondary N) is 1. The van der Waals surface area contributed by atoms with E-state index in [0.29, 0.717) is 16.9 Å². The van der Waals surface area contributed by atoms with E-state index in [-0.39, 0.29) is 25.0 Å². The SMILES string of the molecule is CC(C)(C)Oc1ccc(C[C@H](NC(=O)[C@@](N)(Cc2ccccc2)C(=O)OCc2ccccc2)C(=O)O)cc1. The standard InChI is InChI=1S/C30H34N2O6/c1-29(2,3)38-24-16-14-21(15-17-24)18-25(26(33)34)32-27(35)30(31,19-22-10-6-4-7-11-22)28(36)37-20-23-12-8-5-9-13-23/h4-17,25H,18-20,31H2,1-3H3,(H,32,35)(H,33,34)/t25-,30-/m0/s1. The number of hydrogen-bond acceptors (Lipinski definition) is 6. The van der Waals surface area contributed by atoms with Gasteiger partial charge in [-0.3, -0.25) is 4.79 Å². The van der Waals surface area contributed by atoms with E-state index in [0.717, 1.165) is 5.56 Å². The van der Waals surface area contributed by atoms with Crippen molar-refractivity contribution in [1.82, 2.24) is 5.32 Å². The Kier molecular flexibility index (Phi) is 9.25. The average molecular weight is 519 g/mol. The maximum atomic E-state index is 13.4. The largest absolute Gasteiger partial charge is 0.488 e. The molecule has 4 N–H and O–H groups in total. The number of amides is 1. The first-order valence-electron chi connectivity index (χ1n) is 12.3. The van der Waals surface area contributed by atoms with E-state index in [4.69, 9.17) is 15.2 Å². The Morgan fingerprint density at radius 1 is 0.842 bits per heavy atom. The van der Waals surface area contributed by atoms with Gasteiger partial charge in [0, 0.05) is 12.8 Å². The Balaban J connectivity index is 1.78. The summed E-state index contributed by atoms with van der Waals surface area (Å²) >= 11 is 0. The number of carboxylic acids is 1. The van der Waals surface area contributed by atoms with Crippen LogP contribution in [0.2, 0.25) is 0 Å². The van der Waals surface area contributed by atoms with E-state index < -0.39 is 29.4 Å². The summed E-state index contributed by atoms with van der Waals surface area (Å²) < 4.78 is 11.2. The molecule has 2 atom stereocenters. The van der Waals surface area contributed by atoms with Crippen molar-refractivity contribution in [3.63, 3.8) is 0 Å². The van der Waals surface area contributed by atoms with E-state index in [1.165, 1.54) is 0 Å². The number of esters is 1. The molecule has 0 unspecified atom stereocenters. The van der Waals surface area contributed by atoms with Crippen LogP contribution in [0.4, 0.5) is 0 Å². The molecule has 0 bridgehead atoms. The van der Waals surface area contributed by atoms with Gasteiger partial charge in [0.25, 0.3) is 5.91 Å². The molecule has 0 fully saturated rings. The second kappa shape index (κ2) is 12.4. The van der Waals surface area contributed by atoms with Gasteiger partial charge in [0.1, 0.15) is 24.0 Å². The predicted molar refractivity (Wildman–Crippen MR) is 143 cm³/mol. The second-order valence-corrected chi connectivity index (χ2v) is 10.1. The molecule has 0 spiro atoms. The quantitative estimate of drug-likeness (QED) is 0.261. The van der Waals surface area contributed by atoms with Crippen molar-refractivity contribution in [3.05, 3.63) is 102 Å². The molecule has 0 aliphatic carbocycles. The molecule has 1 amide bonds. The summed E-state index contributed by atoms with van der Waals surface area (Å²) in [6.45, 7) is 5.70. The van der Waals surface area contributed by atoms with Gasteiger partial charge >= 0.3 is 11.9 Å². The maximum Gasteiger partial charge on any atom is 0.336 e. The van der Waals surface area contributed by atoms with Crippen LogP contribution in [0.15, 0.2) is 84.9 Å². The van der Waals surface area contributed by atoms with E-state index >= 15 is 0 Å². The molecule has 8 heteroatoms. The van der Waals surface area contributed by atoms with Crippen molar-refractivity contribution in [2.24, 2.45) is 5.73 Å². The maximum absolute atomic E-state index is 13.4. The number of aliphatic carboxylic acids is 1. The summed E-state index contributed by atoms with van der Waals surface area (Å²) in [7, 11) is 0. The number of nitrogens with two attached hydrogens (primary N) is 1. The van der Waals surface area contributed by atoms with Gasteiger partial charge in [0.2, 0.25) is 0 Å². The first-order chi connectivity index (χ1) is 18.0. The molecular weight excluding hydrogens is 484 g/mol. The lowest BCUT2D eigenvalue weighted by Gasteiger charge is -2.28. The lowest BCUT2D eigenvalue weighted by Crippen LogP contribution is -2.64. The molecule has 0 saturated carbocycles. The fourth-order valence-corrected chi connectivity index (χ4v) is 3.78.